The number of aliphatic hydroxyl groups excluding tert-OH is 1. The van der Waals surface area contributed by atoms with Crippen molar-refractivity contribution >= 4 is 40.9 Å². The summed E-state index contributed by atoms with van der Waals surface area (Å²) in [5, 5.41) is 16.5. The first kappa shape index (κ1) is 30.2. The Hall–Kier alpha value is -3.24. The maximum Gasteiger partial charge on any atom is 0.248 e. The molecular formula is C32H41N3O6S. The van der Waals surface area contributed by atoms with E-state index in [1.165, 1.54) is 0 Å². The van der Waals surface area contributed by atoms with Crippen LogP contribution in [0.2, 0.25) is 0 Å². The zero-order chi connectivity index (χ0) is 30.2. The van der Waals surface area contributed by atoms with Gasteiger partial charge in [0.1, 0.15) is 17.5 Å². The smallest absolute Gasteiger partial charge is 0.248 e. The molecule has 0 radical (unpaired) electrons. The molecule has 3 N–H and O–H groups in total. The predicted octanol–water partition coefficient (Wildman–Crippen LogP) is 4.42. The Morgan fingerprint density at radius 2 is 1.64 bits per heavy atom. The van der Waals surface area contributed by atoms with Gasteiger partial charge in [0, 0.05) is 16.6 Å². The molecule has 0 aromatic heterocycles. The Kier molecular flexibility index (Phi) is 8.76. The highest BCUT2D eigenvalue weighted by Crippen LogP contribution is 2.69. The summed E-state index contributed by atoms with van der Waals surface area (Å²) >= 11 is 1.62. The average Bonchev–Trinajstić information content (AvgIpc) is 3.58. The van der Waals surface area contributed by atoms with Crippen LogP contribution in [0.4, 0.5) is 11.4 Å². The molecule has 3 unspecified atom stereocenters. The number of benzene rings is 2. The number of carbonyl (C=O) groups is 3. The average molecular weight is 596 g/mol. The summed E-state index contributed by atoms with van der Waals surface area (Å²) in [5.74, 6) is -0.658. The van der Waals surface area contributed by atoms with E-state index in [9.17, 15) is 19.5 Å². The standard InChI is InChI=1S/C32H41N3O6S/c1-6-18(3)24(17-36)35-28(30(38)34-21-8-12-22(40-5)13-9-21)32-19(4)16-25(42-32)26(27(32)31(35)39)29(37)33-20-10-14-23(15-11-20)41-7-2/h8-15,18-19,24-28,36H,6-7,16-17H2,1-5H3,(H,33,37)(H,34,38)/t18-,19?,24-,25+,26-,27-,28?,32?/m0/s1. The van der Waals surface area contributed by atoms with Crippen LogP contribution in [-0.4, -0.2) is 70.1 Å². The van der Waals surface area contributed by atoms with Crippen LogP contribution in [0.1, 0.15) is 40.5 Å². The number of rotatable bonds is 11. The normalized spacial score (nSPS) is 29.1. The first-order valence-corrected chi connectivity index (χ1v) is 15.7. The number of methoxy groups -OCH3 is 1. The van der Waals surface area contributed by atoms with Crippen molar-refractivity contribution in [3.63, 3.8) is 0 Å². The second-order valence-electron chi connectivity index (χ2n) is 11.6. The summed E-state index contributed by atoms with van der Waals surface area (Å²) in [4.78, 5) is 44.2. The summed E-state index contributed by atoms with van der Waals surface area (Å²) in [7, 11) is 1.58. The molecule has 3 heterocycles. The Morgan fingerprint density at radius 3 is 2.19 bits per heavy atom. The molecule has 42 heavy (non-hydrogen) atoms. The number of likely N-dealkylation sites (tertiary alicyclic amines) is 1. The maximum absolute atomic E-state index is 14.5. The summed E-state index contributed by atoms with van der Waals surface area (Å²) in [6.07, 6.45) is 1.45. The number of fused-ring (bicyclic) bond motifs is 1. The minimum atomic E-state index is -0.837. The molecule has 10 heteroatoms. The summed E-state index contributed by atoms with van der Waals surface area (Å²) in [5.41, 5.74) is 1.22. The number of aliphatic hydroxyl groups is 1. The van der Waals surface area contributed by atoms with Crippen molar-refractivity contribution < 1.29 is 29.0 Å². The van der Waals surface area contributed by atoms with E-state index < -0.39 is 28.7 Å². The minimum Gasteiger partial charge on any atom is -0.497 e. The number of ether oxygens (including phenoxy) is 2. The van der Waals surface area contributed by atoms with E-state index in [-0.39, 0.29) is 41.4 Å². The number of thioether (sulfide) groups is 1. The number of anilines is 2. The first-order valence-electron chi connectivity index (χ1n) is 14.8. The number of amides is 3. The van der Waals surface area contributed by atoms with E-state index in [0.717, 1.165) is 12.8 Å². The van der Waals surface area contributed by atoms with Crippen LogP contribution < -0.4 is 20.1 Å². The zero-order valence-electron chi connectivity index (χ0n) is 24.8. The number of hydrogen-bond acceptors (Lipinski definition) is 7. The molecule has 226 valence electrons. The number of carbonyl (C=O) groups excluding carboxylic acids is 3. The van der Waals surface area contributed by atoms with Crippen molar-refractivity contribution in [1.82, 2.24) is 4.90 Å². The van der Waals surface area contributed by atoms with E-state index in [2.05, 4.69) is 17.6 Å². The lowest BCUT2D eigenvalue weighted by Crippen LogP contribution is -2.58. The van der Waals surface area contributed by atoms with Crippen molar-refractivity contribution in [2.45, 2.75) is 62.6 Å². The molecule has 3 aliphatic heterocycles. The van der Waals surface area contributed by atoms with Gasteiger partial charge >= 0.3 is 0 Å². The van der Waals surface area contributed by atoms with Crippen LogP contribution in [0.5, 0.6) is 11.5 Å². The van der Waals surface area contributed by atoms with Crippen molar-refractivity contribution in [2.24, 2.45) is 23.7 Å². The fraction of sp³-hybridized carbons (Fsp3) is 0.531. The van der Waals surface area contributed by atoms with Crippen LogP contribution in [0.25, 0.3) is 0 Å². The van der Waals surface area contributed by atoms with Gasteiger partial charge in [0.15, 0.2) is 0 Å². The van der Waals surface area contributed by atoms with Gasteiger partial charge in [-0.05, 0) is 73.7 Å². The molecule has 3 aliphatic rings. The third-order valence-corrected chi connectivity index (χ3v) is 11.4. The van der Waals surface area contributed by atoms with E-state index in [4.69, 9.17) is 9.47 Å². The van der Waals surface area contributed by atoms with Gasteiger partial charge in [0.05, 0.1) is 42.9 Å². The summed E-state index contributed by atoms with van der Waals surface area (Å²) in [6, 6.07) is 12.9. The lowest BCUT2D eigenvalue weighted by molar-refractivity contribution is -0.142. The van der Waals surface area contributed by atoms with Crippen molar-refractivity contribution in [3.8, 4) is 11.5 Å². The van der Waals surface area contributed by atoms with Gasteiger partial charge < -0.3 is 30.1 Å². The highest BCUT2D eigenvalue weighted by molar-refractivity contribution is 8.02. The van der Waals surface area contributed by atoms with Gasteiger partial charge in [-0.2, -0.15) is 0 Å². The van der Waals surface area contributed by atoms with Crippen LogP contribution >= 0.6 is 11.8 Å². The Bertz CT molecular complexity index is 1300. The van der Waals surface area contributed by atoms with Crippen molar-refractivity contribution in [2.75, 3.05) is 31.0 Å². The minimum absolute atomic E-state index is 0.0175. The highest BCUT2D eigenvalue weighted by atomic mass is 32.2. The van der Waals surface area contributed by atoms with Gasteiger partial charge in [-0.3, -0.25) is 14.4 Å². The molecule has 3 saturated heterocycles. The zero-order valence-corrected chi connectivity index (χ0v) is 25.6. The second-order valence-corrected chi connectivity index (χ2v) is 13.1. The molecule has 1 spiro atoms. The Balaban J connectivity index is 1.50. The third-order valence-electron chi connectivity index (χ3n) is 9.37. The number of hydrogen-bond donors (Lipinski definition) is 3. The first-order chi connectivity index (χ1) is 20.2. The molecule has 0 aliphatic carbocycles. The van der Waals surface area contributed by atoms with E-state index in [0.29, 0.717) is 29.5 Å². The van der Waals surface area contributed by atoms with Gasteiger partial charge in [-0.1, -0.05) is 27.2 Å². The molecule has 0 saturated carbocycles. The van der Waals surface area contributed by atoms with Crippen molar-refractivity contribution in [3.05, 3.63) is 48.5 Å². The maximum atomic E-state index is 14.5. The van der Waals surface area contributed by atoms with Gasteiger partial charge in [-0.25, -0.2) is 0 Å². The fourth-order valence-electron chi connectivity index (χ4n) is 7.14. The largest absolute Gasteiger partial charge is 0.497 e. The Morgan fingerprint density at radius 1 is 1.05 bits per heavy atom. The molecule has 2 bridgehead atoms. The van der Waals surface area contributed by atoms with Crippen molar-refractivity contribution in [1.29, 1.82) is 0 Å². The topological polar surface area (TPSA) is 117 Å². The molecular weight excluding hydrogens is 554 g/mol. The lowest BCUT2D eigenvalue weighted by Gasteiger charge is -2.41. The molecule has 2 aromatic carbocycles. The molecule has 3 fully saturated rings. The monoisotopic (exact) mass is 595 g/mol. The van der Waals surface area contributed by atoms with E-state index in [1.807, 2.05) is 20.8 Å². The quantitative estimate of drug-likeness (QED) is 0.352. The van der Waals surface area contributed by atoms with Gasteiger partial charge in [0.2, 0.25) is 17.7 Å². The molecule has 3 amide bonds. The van der Waals surface area contributed by atoms with E-state index in [1.54, 1.807) is 72.3 Å². The van der Waals surface area contributed by atoms with Crippen LogP contribution in [0.3, 0.4) is 0 Å². The summed E-state index contributed by atoms with van der Waals surface area (Å²) < 4.78 is 9.98. The highest BCUT2D eigenvalue weighted by Gasteiger charge is 2.76. The van der Waals surface area contributed by atoms with E-state index >= 15 is 0 Å². The van der Waals surface area contributed by atoms with Crippen LogP contribution in [0.15, 0.2) is 48.5 Å². The van der Waals surface area contributed by atoms with Crippen LogP contribution in [-0.2, 0) is 14.4 Å². The second kappa shape index (κ2) is 12.2. The number of nitrogens with zero attached hydrogens (tertiary/aromatic N) is 1. The van der Waals surface area contributed by atoms with Gasteiger partial charge in [-0.15, -0.1) is 11.8 Å². The number of nitrogens with one attached hydrogen (secondary N) is 2. The molecule has 8 atom stereocenters. The summed E-state index contributed by atoms with van der Waals surface area (Å²) in [6.45, 7) is 8.28. The molecule has 9 nitrogen and oxygen atoms in total. The predicted molar refractivity (Wildman–Crippen MR) is 164 cm³/mol. The van der Waals surface area contributed by atoms with Gasteiger partial charge in [0.25, 0.3) is 0 Å². The Labute approximate surface area is 251 Å². The molecule has 5 rings (SSSR count). The fourth-order valence-corrected chi connectivity index (χ4v) is 9.55. The lowest BCUT2D eigenvalue weighted by atomic mass is 9.66. The molecule has 2 aromatic rings. The van der Waals surface area contributed by atoms with Crippen LogP contribution in [0, 0.1) is 23.7 Å². The SMILES string of the molecule is CCOc1ccc(NC(=O)[C@@H]2[C@H]3C(=O)N([C@@H](CO)[C@@H](C)CC)C(C(=O)Nc4ccc(OC)cc4)C34S[C@@H]2CC4C)cc1. The third kappa shape index (κ3) is 5.02.